The zero-order valence-corrected chi connectivity index (χ0v) is 18.3. The molecule has 4 rings (SSSR count). The van der Waals surface area contributed by atoms with E-state index in [1.54, 1.807) is 18.4 Å². The Morgan fingerprint density at radius 2 is 1.93 bits per heavy atom. The van der Waals surface area contributed by atoms with Crippen LogP contribution in [0.3, 0.4) is 0 Å². The Kier molecular flexibility index (Phi) is 6.72. The minimum atomic E-state index is -0.623. The SMILES string of the molecule is COc1cccc([C@H](C(=O)NC2CCCCC2)N(C(=O)Cc2cccs2)C2CC2)c1. The molecule has 1 atom stereocenters. The summed E-state index contributed by atoms with van der Waals surface area (Å²) in [6.45, 7) is 0. The maximum absolute atomic E-state index is 13.5. The Balaban J connectivity index is 1.63. The molecule has 2 saturated carbocycles. The number of benzene rings is 1. The van der Waals surface area contributed by atoms with Crippen molar-refractivity contribution in [1.82, 2.24) is 10.2 Å². The number of hydrogen-bond donors (Lipinski definition) is 1. The average molecular weight is 427 g/mol. The number of nitrogens with zero attached hydrogens (tertiary/aromatic N) is 1. The topological polar surface area (TPSA) is 58.6 Å². The number of thiophene rings is 1. The molecular formula is C24H30N2O3S. The van der Waals surface area contributed by atoms with Gasteiger partial charge in [0, 0.05) is 17.0 Å². The van der Waals surface area contributed by atoms with E-state index in [9.17, 15) is 9.59 Å². The molecule has 0 saturated heterocycles. The molecule has 6 heteroatoms. The van der Waals surface area contributed by atoms with Gasteiger partial charge in [0.15, 0.2) is 0 Å². The van der Waals surface area contributed by atoms with Crippen LogP contribution in [0.1, 0.15) is 61.4 Å². The summed E-state index contributed by atoms with van der Waals surface area (Å²) in [5.74, 6) is 0.651. The van der Waals surface area contributed by atoms with Crippen molar-refractivity contribution < 1.29 is 14.3 Å². The van der Waals surface area contributed by atoms with E-state index in [0.29, 0.717) is 12.2 Å². The standard InChI is InChI=1S/C24H30N2O3S/c1-29-20-10-5-7-17(15-20)23(24(28)25-18-8-3-2-4-9-18)26(19-12-13-19)22(27)16-21-11-6-14-30-21/h5-7,10-11,14-15,18-19,23H,2-4,8-9,12-13,16H2,1H3,(H,25,28)/t23-/m1/s1. The minimum absolute atomic E-state index is 0.0200. The van der Waals surface area contributed by atoms with Crippen molar-refractivity contribution in [3.05, 3.63) is 52.2 Å². The predicted octanol–water partition coefficient (Wildman–Crippen LogP) is 4.48. The molecule has 1 aromatic carbocycles. The van der Waals surface area contributed by atoms with Crippen LogP contribution >= 0.6 is 11.3 Å². The van der Waals surface area contributed by atoms with Gasteiger partial charge in [0.1, 0.15) is 11.8 Å². The van der Waals surface area contributed by atoms with Gasteiger partial charge in [0.05, 0.1) is 13.5 Å². The summed E-state index contributed by atoms with van der Waals surface area (Å²) in [7, 11) is 1.62. The highest BCUT2D eigenvalue weighted by Gasteiger charge is 2.41. The molecule has 1 aromatic heterocycles. The molecular weight excluding hydrogens is 396 g/mol. The second kappa shape index (κ2) is 9.65. The summed E-state index contributed by atoms with van der Waals surface area (Å²) in [5.41, 5.74) is 0.814. The van der Waals surface area contributed by atoms with E-state index in [-0.39, 0.29) is 23.9 Å². The van der Waals surface area contributed by atoms with Crippen LogP contribution in [0.25, 0.3) is 0 Å². The Morgan fingerprint density at radius 3 is 2.60 bits per heavy atom. The number of rotatable bonds is 8. The number of methoxy groups -OCH3 is 1. The number of amides is 2. The molecule has 0 radical (unpaired) electrons. The lowest BCUT2D eigenvalue weighted by Crippen LogP contribution is -2.48. The Morgan fingerprint density at radius 1 is 1.13 bits per heavy atom. The largest absolute Gasteiger partial charge is 0.497 e. The summed E-state index contributed by atoms with van der Waals surface area (Å²) < 4.78 is 5.40. The van der Waals surface area contributed by atoms with Gasteiger partial charge in [-0.1, -0.05) is 37.5 Å². The first-order valence-corrected chi connectivity index (χ1v) is 11.8. The first kappa shape index (κ1) is 20.9. The monoisotopic (exact) mass is 426 g/mol. The zero-order valence-electron chi connectivity index (χ0n) is 17.5. The zero-order chi connectivity index (χ0) is 20.9. The molecule has 2 aromatic rings. The number of nitrogens with one attached hydrogen (secondary N) is 1. The van der Waals surface area contributed by atoms with Gasteiger partial charge in [-0.25, -0.2) is 0 Å². The molecule has 0 aliphatic heterocycles. The second-order valence-corrected chi connectivity index (χ2v) is 9.34. The van der Waals surface area contributed by atoms with Crippen LogP contribution in [0, 0.1) is 0 Å². The Bertz CT molecular complexity index is 857. The maximum Gasteiger partial charge on any atom is 0.247 e. The van der Waals surface area contributed by atoms with Gasteiger partial charge in [0.25, 0.3) is 0 Å². The van der Waals surface area contributed by atoms with Gasteiger partial charge in [-0.3, -0.25) is 9.59 Å². The third kappa shape index (κ3) is 5.04. The van der Waals surface area contributed by atoms with Crippen molar-refractivity contribution in [1.29, 1.82) is 0 Å². The van der Waals surface area contributed by atoms with E-state index in [2.05, 4.69) is 5.32 Å². The van der Waals surface area contributed by atoms with Gasteiger partial charge in [0.2, 0.25) is 11.8 Å². The summed E-state index contributed by atoms with van der Waals surface area (Å²) in [5, 5.41) is 5.25. The molecule has 30 heavy (non-hydrogen) atoms. The molecule has 0 unspecified atom stereocenters. The van der Waals surface area contributed by atoms with E-state index < -0.39 is 6.04 Å². The molecule has 1 N–H and O–H groups in total. The normalized spacial score (nSPS) is 17.9. The second-order valence-electron chi connectivity index (χ2n) is 8.31. The fraction of sp³-hybridized carbons (Fsp3) is 0.500. The lowest BCUT2D eigenvalue weighted by Gasteiger charge is -2.33. The lowest BCUT2D eigenvalue weighted by molar-refractivity contribution is -0.141. The van der Waals surface area contributed by atoms with Crippen molar-refractivity contribution in [2.75, 3.05) is 7.11 Å². The molecule has 0 bridgehead atoms. The van der Waals surface area contributed by atoms with Gasteiger partial charge in [-0.15, -0.1) is 11.3 Å². The van der Waals surface area contributed by atoms with Crippen molar-refractivity contribution in [2.45, 2.75) is 69.5 Å². The fourth-order valence-electron chi connectivity index (χ4n) is 4.34. The molecule has 0 spiro atoms. The van der Waals surface area contributed by atoms with Crippen LogP contribution in [0.5, 0.6) is 5.75 Å². The van der Waals surface area contributed by atoms with E-state index in [0.717, 1.165) is 49.0 Å². The first-order valence-electron chi connectivity index (χ1n) is 10.9. The van der Waals surface area contributed by atoms with Crippen LogP contribution in [0.4, 0.5) is 0 Å². The van der Waals surface area contributed by atoms with Crippen molar-refractivity contribution >= 4 is 23.2 Å². The maximum atomic E-state index is 13.5. The van der Waals surface area contributed by atoms with E-state index >= 15 is 0 Å². The summed E-state index contributed by atoms with van der Waals surface area (Å²) in [6, 6.07) is 11.2. The molecule has 2 amide bonds. The summed E-state index contributed by atoms with van der Waals surface area (Å²) >= 11 is 1.58. The number of hydrogen-bond acceptors (Lipinski definition) is 4. The smallest absolute Gasteiger partial charge is 0.247 e. The third-order valence-electron chi connectivity index (χ3n) is 6.02. The molecule has 2 fully saturated rings. The van der Waals surface area contributed by atoms with Gasteiger partial charge in [-0.05, 0) is 54.8 Å². The Labute approximate surface area is 182 Å². The molecule has 2 aliphatic carbocycles. The van der Waals surface area contributed by atoms with Crippen molar-refractivity contribution in [2.24, 2.45) is 0 Å². The van der Waals surface area contributed by atoms with Crippen molar-refractivity contribution in [3.63, 3.8) is 0 Å². The fourth-order valence-corrected chi connectivity index (χ4v) is 5.04. The van der Waals surface area contributed by atoms with Crippen LogP contribution in [0.15, 0.2) is 41.8 Å². The predicted molar refractivity (Wildman–Crippen MR) is 119 cm³/mol. The quantitative estimate of drug-likeness (QED) is 0.677. The molecule has 2 aliphatic rings. The third-order valence-corrected chi connectivity index (χ3v) is 6.90. The number of ether oxygens (including phenoxy) is 1. The average Bonchev–Trinajstić information content (AvgIpc) is 3.47. The van der Waals surface area contributed by atoms with Crippen LogP contribution < -0.4 is 10.1 Å². The number of carbonyl (C=O) groups excluding carboxylic acids is 2. The van der Waals surface area contributed by atoms with Gasteiger partial charge < -0.3 is 15.0 Å². The number of carbonyl (C=O) groups is 2. The molecule has 5 nitrogen and oxygen atoms in total. The van der Waals surface area contributed by atoms with Gasteiger partial charge >= 0.3 is 0 Å². The van der Waals surface area contributed by atoms with Crippen molar-refractivity contribution in [3.8, 4) is 5.75 Å². The summed E-state index contributed by atoms with van der Waals surface area (Å²) in [4.78, 5) is 29.8. The highest BCUT2D eigenvalue weighted by atomic mass is 32.1. The lowest BCUT2D eigenvalue weighted by atomic mass is 9.94. The van der Waals surface area contributed by atoms with Crippen LogP contribution in [0.2, 0.25) is 0 Å². The van der Waals surface area contributed by atoms with Crippen LogP contribution in [-0.4, -0.2) is 35.9 Å². The molecule has 160 valence electrons. The summed E-state index contributed by atoms with van der Waals surface area (Å²) in [6.07, 6.45) is 7.81. The van der Waals surface area contributed by atoms with E-state index in [1.165, 1.54) is 6.42 Å². The van der Waals surface area contributed by atoms with Gasteiger partial charge in [-0.2, -0.15) is 0 Å². The van der Waals surface area contributed by atoms with E-state index in [4.69, 9.17) is 4.74 Å². The Hall–Kier alpha value is -2.34. The highest BCUT2D eigenvalue weighted by molar-refractivity contribution is 7.10. The first-order chi connectivity index (χ1) is 14.7. The van der Waals surface area contributed by atoms with E-state index in [1.807, 2.05) is 46.7 Å². The molecule has 1 heterocycles. The van der Waals surface area contributed by atoms with Crippen LogP contribution in [-0.2, 0) is 16.0 Å². The highest BCUT2D eigenvalue weighted by Crippen LogP contribution is 2.37. The minimum Gasteiger partial charge on any atom is -0.497 e.